The molecule has 2 aliphatic rings. The maximum atomic E-state index is 13.7. The topological polar surface area (TPSA) is 153 Å². The van der Waals surface area contributed by atoms with Crippen LogP contribution >= 0.6 is 39.9 Å². The van der Waals surface area contributed by atoms with Crippen LogP contribution in [0.25, 0.3) is 23.0 Å². The van der Waals surface area contributed by atoms with E-state index in [1.807, 2.05) is 60.8 Å². The SMILES string of the molecule is CC(=O)OC[C@H]1O[C@@H](N2C(=O)S/C(=C/c3cn(-c4ccccc4)nc3-c3ccc(Br)cc3)C2=S)[C@H](OC(C)=O)[C@@H](OC(C)=O)[C@@H]1OC(C)=O. The van der Waals surface area contributed by atoms with Gasteiger partial charge in [-0.15, -0.1) is 0 Å². The standard InChI is InChI=1S/C33H30BrN3O10S2/c1-17(38)43-16-25-28(44-18(2)39)29(45-19(3)40)30(46-20(4)41)31(47-25)37-32(48)26(49-33(37)42)14-22-15-36(24-8-6-5-7-9-24)35-27(22)21-10-12-23(34)13-11-21/h5-15,25,28-31H,16H2,1-4H3/b26-14+/t25-,28-,29+,30-,31-/m1/s1. The second-order valence-electron chi connectivity index (χ2n) is 10.9. The van der Waals surface area contributed by atoms with Crippen molar-refractivity contribution >= 4 is 80.1 Å². The molecule has 0 bridgehead atoms. The van der Waals surface area contributed by atoms with Crippen LogP contribution in [0.5, 0.6) is 0 Å². The summed E-state index contributed by atoms with van der Waals surface area (Å²) in [6, 6.07) is 17.1. The van der Waals surface area contributed by atoms with Gasteiger partial charge in [-0.05, 0) is 42.1 Å². The van der Waals surface area contributed by atoms with E-state index < -0.39 is 66.4 Å². The summed E-state index contributed by atoms with van der Waals surface area (Å²) in [7, 11) is 0. The van der Waals surface area contributed by atoms with Gasteiger partial charge in [0.1, 0.15) is 17.7 Å². The van der Waals surface area contributed by atoms with Gasteiger partial charge in [0.05, 0.1) is 16.3 Å². The van der Waals surface area contributed by atoms with Crippen LogP contribution < -0.4 is 0 Å². The number of rotatable bonds is 9. The number of amides is 1. The number of thioether (sulfide) groups is 1. The Morgan fingerprint density at radius 2 is 1.51 bits per heavy atom. The van der Waals surface area contributed by atoms with Crippen LogP contribution in [-0.2, 0) is 42.9 Å². The lowest BCUT2D eigenvalue weighted by Crippen LogP contribution is -2.66. The number of halogens is 1. The molecule has 13 nitrogen and oxygen atoms in total. The smallest absolute Gasteiger partial charge is 0.303 e. The van der Waals surface area contributed by atoms with Crippen molar-refractivity contribution in [3.8, 4) is 16.9 Å². The van der Waals surface area contributed by atoms with Crippen molar-refractivity contribution in [2.24, 2.45) is 0 Å². The van der Waals surface area contributed by atoms with Crippen LogP contribution in [0.15, 0.2) is 70.2 Å². The molecule has 1 aromatic heterocycles. The van der Waals surface area contributed by atoms with Crippen LogP contribution in [0.4, 0.5) is 4.79 Å². The third-order valence-electron chi connectivity index (χ3n) is 7.21. The molecule has 49 heavy (non-hydrogen) atoms. The summed E-state index contributed by atoms with van der Waals surface area (Å²) in [4.78, 5) is 63.7. The van der Waals surface area contributed by atoms with E-state index in [2.05, 4.69) is 15.9 Å². The zero-order valence-corrected chi connectivity index (χ0v) is 29.8. The molecule has 0 unspecified atom stereocenters. The predicted octanol–water partition coefficient (Wildman–Crippen LogP) is 5.22. The molecule has 2 saturated heterocycles. The van der Waals surface area contributed by atoms with E-state index in [4.69, 9.17) is 41.0 Å². The molecule has 2 aliphatic heterocycles. The molecule has 0 saturated carbocycles. The van der Waals surface area contributed by atoms with Crippen LogP contribution in [-0.4, -0.2) is 86.0 Å². The monoisotopic (exact) mass is 771 g/mol. The van der Waals surface area contributed by atoms with Crippen molar-refractivity contribution in [1.82, 2.24) is 14.7 Å². The van der Waals surface area contributed by atoms with Gasteiger partial charge in [-0.25, -0.2) is 4.68 Å². The van der Waals surface area contributed by atoms with E-state index in [0.717, 1.165) is 53.2 Å². The molecule has 256 valence electrons. The number of ether oxygens (including phenoxy) is 5. The van der Waals surface area contributed by atoms with Crippen LogP contribution in [0.3, 0.4) is 0 Å². The Kier molecular flexibility index (Phi) is 11.3. The Morgan fingerprint density at radius 3 is 2.12 bits per heavy atom. The fourth-order valence-electron chi connectivity index (χ4n) is 5.29. The summed E-state index contributed by atoms with van der Waals surface area (Å²) < 4.78 is 30.5. The molecule has 0 aliphatic carbocycles. The van der Waals surface area contributed by atoms with E-state index in [1.54, 1.807) is 10.8 Å². The summed E-state index contributed by atoms with van der Waals surface area (Å²) in [5, 5.41) is 4.24. The quantitative estimate of drug-likeness (QED) is 0.121. The highest BCUT2D eigenvalue weighted by molar-refractivity contribution is 9.10. The maximum absolute atomic E-state index is 13.7. The third kappa shape index (κ3) is 8.44. The Bertz CT molecular complexity index is 1810. The van der Waals surface area contributed by atoms with Gasteiger partial charge >= 0.3 is 23.9 Å². The minimum absolute atomic E-state index is 0.0186. The molecular weight excluding hydrogens is 742 g/mol. The number of carbonyl (C=O) groups excluding carboxylic acids is 5. The normalized spacial score (nSPS) is 22.9. The summed E-state index contributed by atoms with van der Waals surface area (Å²) in [6.45, 7) is 4.07. The first-order valence-corrected chi connectivity index (χ1v) is 16.8. The first-order valence-electron chi connectivity index (χ1n) is 14.8. The minimum atomic E-state index is -1.50. The molecule has 16 heteroatoms. The molecule has 3 heterocycles. The lowest BCUT2D eigenvalue weighted by molar-refractivity contribution is -0.265. The van der Waals surface area contributed by atoms with Gasteiger partial charge < -0.3 is 23.7 Å². The highest BCUT2D eigenvalue weighted by Crippen LogP contribution is 2.41. The van der Waals surface area contributed by atoms with Crippen molar-refractivity contribution in [3.05, 3.63) is 75.7 Å². The highest BCUT2D eigenvalue weighted by Gasteiger charge is 2.56. The zero-order valence-electron chi connectivity index (χ0n) is 26.6. The predicted molar refractivity (Wildman–Crippen MR) is 184 cm³/mol. The van der Waals surface area contributed by atoms with Crippen LogP contribution in [0.2, 0.25) is 0 Å². The van der Waals surface area contributed by atoms with Crippen molar-refractivity contribution in [3.63, 3.8) is 0 Å². The van der Waals surface area contributed by atoms with Gasteiger partial charge in [0.15, 0.2) is 24.5 Å². The second kappa shape index (κ2) is 15.4. The number of nitrogens with zero attached hydrogens (tertiary/aromatic N) is 3. The summed E-state index contributed by atoms with van der Waals surface area (Å²) in [5.41, 5.74) is 2.88. The lowest BCUT2D eigenvalue weighted by Gasteiger charge is -2.46. The number of aromatic nitrogens is 2. The van der Waals surface area contributed by atoms with Crippen molar-refractivity contribution < 1.29 is 47.7 Å². The van der Waals surface area contributed by atoms with E-state index in [-0.39, 0.29) is 4.99 Å². The minimum Gasteiger partial charge on any atom is -0.463 e. The van der Waals surface area contributed by atoms with Gasteiger partial charge in [0.2, 0.25) is 0 Å². The van der Waals surface area contributed by atoms with E-state index in [0.29, 0.717) is 16.2 Å². The van der Waals surface area contributed by atoms with Crippen molar-refractivity contribution in [2.75, 3.05) is 6.61 Å². The molecule has 0 spiro atoms. The van der Waals surface area contributed by atoms with E-state index in [1.165, 1.54) is 6.92 Å². The summed E-state index contributed by atoms with van der Waals surface area (Å²) >= 11 is 10.1. The number of esters is 4. The maximum Gasteiger partial charge on any atom is 0.303 e. The number of hydrogen-bond donors (Lipinski definition) is 0. The number of para-hydroxylation sites is 1. The van der Waals surface area contributed by atoms with E-state index in [9.17, 15) is 24.0 Å². The van der Waals surface area contributed by atoms with Gasteiger partial charge in [-0.2, -0.15) is 5.10 Å². The molecule has 2 fully saturated rings. The molecule has 5 rings (SSSR count). The lowest BCUT2D eigenvalue weighted by atomic mass is 9.96. The fourth-order valence-corrected chi connectivity index (χ4v) is 6.84. The fraction of sp³-hybridized carbons (Fsp3) is 0.303. The number of carbonyl (C=O) groups is 5. The molecule has 0 N–H and O–H groups in total. The Morgan fingerprint density at radius 1 is 0.898 bits per heavy atom. The zero-order chi connectivity index (χ0) is 35.4. The number of benzene rings is 2. The van der Waals surface area contributed by atoms with Gasteiger partial charge in [-0.1, -0.05) is 58.5 Å². The van der Waals surface area contributed by atoms with Gasteiger partial charge in [-0.3, -0.25) is 28.9 Å². The van der Waals surface area contributed by atoms with Gasteiger partial charge in [0.25, 0.3) is 5.24 Å². The summed E-state index contributed by atoms with van der Waals surface area (Å²) in [5.74, 6) is -3.04. The number of thiocarbonyl (C=S) groups is 1. The molecular formula is C33H30BrN3O10S2. The van der Waals surface area contributed by atoms with Gasteiger partial charge in [0, 0.05) is 49.5 Å². The average Bonchev–Trinajstić information content (AvgIpc) is 3.58. The molecule has 1 amide bonds. The first-order chi connectivity index (χ1) is 23.3. The Labute approximate surface area is 299 Å². The average molecular weight is 773 g/mol. The molecule has 5 atom stereocenters. The Hall–Kier alpha value is -4.38. The van der Waals surface area contributed by atoms with E-state index >= 15 is 0 Å². The second-order valence-corrected chi connectivity index (χ2v) is 13.2. The molecule has 0 radical (unpaired) electrons. The first kappa shape index (κ1) is 35.9. The Balaban J connectivity index is 1.56. The van der Waals surface area contributed by atoms with Crippen LogP contribution in [0.1, 0.15) is 33.3 Å². The van der Waals surface area contributed by atoms with Crippen molar-refractivity contribution in [1.29, 1.82) is 0 Å². The number of hydrogen-bond acceptors (Lipinski definition) is 13. The largest absolute Gasteiger partial charge is 0.463 e. The molecule has 2 aromatic carbocycles. The third-order valence-corrected chi connectivity index (χ3v) is 9.19. The highest BCUT2D eigenvalue weighted by atomic mass is 79.9. The van der Waals surface area contributed by atoms with Crippen molar-refractivity contribution in [2.45, 2.75) is 58.3 Å². The van der Waals surface area contributed by atoms with Crippen LogP contribution in [0, 0.1) is 0 Å². The molecule has 3 aromatic rings. The summed E-state index contributed by atoms with van der Waals surface area (Å²) in [6.07, 6.45) is -3.54.